The maximum absolute atomic E-state index is 11.6. The number of hydrogen-bond donors (Lipinski definition) is 0. The van der Waals surface area contributed by atoms with Gasteiger partial charge in [-0.1, -0.05) is 27.2 Å². The molecule has 0 amide bonds. The van der Waals surface area contributed by atoms with Gasteiger partial charge in [0.05, 0.1) is 0 Å². The van der Waals surface area contributed by atoms with Crippen LogP contribution in [0.1, 0.15) is 47.0 Å². The molecule has 0 unspecified atom stereocenters. The summed E-state index contributed by atoms with van der Waals surface area (Å²) < 4.78 is 10.7. The lowest BCUT2D eigenvalue weighted by molar-refractivity contribution is -0.161. The highest BCUT2D eigenvalue weighted by Crippen LogP contribution is 2.35. The van der Waals surface area contributed by atoms with Crippen LogP contribution in [0.25, 0.3) is 0 Å². The van der Waals surface area contributed by atoms with Crippen LogP contribution >= 0.6 is 0 Å². The van der Waals surface area contributed by atoms with Crippen LogP contribution in [0.3, 0.4) is 0 Å². The lowest BCUT2D eigenvalue weighted by atomic mass is 9.75. The Labute approximate surface area is 105 Å². The molecule has 0 heterocycles. The average Bonchev–Trinajstić information content (AvgIpc) is 2.26. The second kappa shape index (κ2) is 7.00. The Morgan fingerprint density at radius 1 is 1.35 bits per heavy atom. The van der Waals surface area contributed by atoms with E-state index in [0.717, 1.165) is 6.42 Å². The van der Waals surface area contributed by atoms with E-state index < -0.39 is 0 Å². The molecular weight excluding hydrogens is 216 g/mol. The topological polar surface area (TPSA) is 35.5 Å². The van der Waals surface area contributed by atoms with Crippen molar-refractivity contribution in [2.24, 2.45) is 17.8 Å². The van der Waals surface area contributed by atoms with Gasteiger partial charge in [0.1, 0.15) is 12.7 Å². The van der Waals surface area contributed by atoms with Crippen molar-refractivity contribution in [1.82, 2.24) is 0 Å². The summed E-state index contributed by atoms with van der Waals surface area (Å²) in [6.07, 6.45) is 3.51. The summed E-state index contributed by atoms with van der Waals surface area (Å²) >= 11 is 0. The van der Waals surface area contributed by atoms with E-state index in [9.17, 15) is 4.79 Å². The Morgan fingerprint density at radius 3 is 2.65 bits per heavy atom. The highest BCUT2D eigenvalue weighted by molar-refractivity contribution is 5.70. The van der Waals surface area contributed by atoms with Gasteiger partial charge < -0.3 is 9.47 Å². The maximum Gasteiger partial charge on any atom is 0.332 e. The Morgan fingerprint density at radius 2 is 2.06 bits per heavy atom. The van der Waals surface area contributed by atoms with Crippen LogP contribution in [0.4, 0.5) is 0 Å². The highest BCUT2D eigenvalue weighted by atomic mass is 16.6. The summed E-state index contributed by atoms with van der Waals surface area (Å²) in [7, 11) is 0. The van der Waals surface area contributed by atoms with Gasteiger partial charge in [0.25, 0.3) is 0 Å². The quantitative estimate of drug-likeness (QED) is 0.695. The molecule has 0 N–H and O–H groups in total. The van der Waals surface area contributed by atoms with Gasteiger partial charge >= 0.3 is 5.97 Å². The number of rotatable bonds is 5. The van der Waals surface area contributed by atoms with E-state index in [-0.39, 0.29) is 18.7 Å². The predicted octanol–water partition coefficient (Wildman–Crippen LogP) is 3.03. The lowest BCUT2D eigenvalue weighted by Gasteiger charge is -2.36. The largest absolute Gasteiger partial charge is 0.460 e. The minimum atomic E-state index is -0.211. The molecule has 0 radical (unpaired) electrons. The molecule has 3 heteroatoms. The van der Waals surface area contributed by atoms with Crippen molar-refractivity contribution in [3.05, 3.63) is 0 Å². The Balaban J connectivity index is 2.48. The number of carbonyl (C=O) groups is 1. The van der Waals surface area contributed by atoms with Gasteiger partial charge in [-0.3, -0.25) is 0 Å². The summed E-state index contributed by atoms with van der Waals surface area (Å²) in [5.74, 6) is 1.54. The summed E-state index contributed by atoms with van der Waals surface area (Å²) in [4.78, 5) is 11.6. The van der Waals surface area contributed by atoms with Crippen molar-refractivity contribution >= 4 is 5.97 Å². The van der Waals surface area contributed by atoms with E-state index in [1.165, 1.54) is 12.8 Å². The molecule has 3 atom stereocenters. The van der Waals surface area contributed by atoms with Crippen molar-refractivity contribution in [3.8, 4) is 0 Å². The zero-order valence-corrected chi connectivity index (χ0v) is 11.6. The molecule has 100 valence electrons. The summed E-state index contributed by atoms with van der Waals surface area (Å²) in [6.45, 7) is 9.19. The molecule has 1 aliphatic rings. The molecule has 0 spiro atoms. The van der Waals surface area contributed by atoms with Gasteiger partial charge in [-0.05, 0) is 37.5 Å². The molecule has 0 aliphatic heterocycles. The molecule has 0 saturated heterocycles. The minimum absolute atomic E-state index is 0.0895. The Kier molecular flexibility index (Phi) is 5.96. The smallest absolute Gasteiger partial charge is 0.332 e. The van der Waals surface area contributed by atoms with E-state index in [4.69, 9.17) is 9.47 Å². The van der Waals surface area contributed by atoms with Gasteiger partial charge in [-0.2, -0.15) is 0 Å². The van der Waals surface area contributed by atoms with Gasteiger partial charge in [0.2, 0.25) is 0 Å². The molecule has 1 aliphatic carbocycles. The SMILES string of the molecule is CCOCC(=O)O[C@@H]1C[C@H](C)CC[C@H]1C(C)C. The third-order valence-electron chi connectivity index (χ3n) is 3.67. The van der Waals surface area contributed by atoms with E-state index in [0.29, 0.717) is 24.4 Å². The summed E-state index contributed by atoms with van der Waals surface area (Å²) in [6, 6.07) is 0. The van der Waals surface area contributed by atoms with E-state index in [1.54, 1.807) is 0 Å². The predicted molar refractivity (Wildman–Crippen MR) is 67.7 cm³/mol. The van der Waals surface area contributed by atoms with Crippen LogP contribution in [0, 0.1) is 17.8 Å². The normalized spacial score (nSPS) is 29.4. The lowest BCUT2D eigenvalue weighted by Crippen LogP contribution is -2.36. The van der Waals surface area contributed by atoms with Crippen molar-refractivity contribution in [2.75, 3.05) is 13.2 Å². The van der Waals surface area contributed by atoms with Crippen molar-refractivity contribution in [1.29, 1.82) is 0 Å². The molecule has 0 aromatic heterocycles. The van der Waals surface area contributed by atoms with Gasteiger partial charge in [0.15, 0.2) is 0 Å². The number of ether oxygens (including phenoxy) is 2. The minimum Gasteiger partial charge on any atom is -0.460 e. The van der Waals surface area contributed by atoms with Crippen molar-refractivity contribution < 1.29 is 14.3 Å². The van der Waals surface area contributed by atoms with Gasteiger partial charge in [0, 0.05) is 6.61 Å². The van der Waals surface area contributed by atoms with Crippen LogP contribution in [-0.2, 0) is 14.3 Å². The zero-order chi connectivity index (χ0) is 12.8. The monoisotopic (exact) mass is 242 g/mol. The summed E-state index contributed by atoms with van der Waals surface area (Å²) in [5.41, 5.74) is 0. The fourth-order valence-corrected chi connectivity index (χ4v) is 2.64. The molecule has 0 aromatic rings. The first kappa shape index (κ1) is 14.5. The second-order valence-corrected chi connectivity index (χ2v) is 5.49. The van der Waals surface area contributed by atoms with Crippen LogP contribution in [-0.4, -0.2) is 25.3 Å². The maximum atomic E-state index is 11.6. The average molecular weight is 242 g/mol. The first-order valence-electron chi connectivity index (χ1n) is 6.81. The third kappa shape index (κ3) is 4.66. The van der Waals surface area contributed by atoms with Crippen molar-refractivity contribution in [3.63, 3.8) is 0 Å². The number of esters is 1. The molecule has 1 rings (SSSR count). The van der Waals surface area contributed by atoms with E-state index >= 15 is 0 Å². The fraction of sp³-hybridized carbons (Fsp3) is 0.929. The number of hydrogen-bond acceptors (Lipinski definition) is 3. The number of carbonyl (C=O) groups excluding carboxylic acids is 1. The molecule has 17 heavy (non-hydrogen) atoms. The van der Waals surface area contributed by atoms with Gasteiger partial charge in [-0.25, -0.2) is 4.79 Å². The summed E-state index contributed by atoms with van der Waals surface area (Å²) in [5, 5.41) is 0. The molecule has 0 bridgehead atoms. The van der Waals surface area contributed by atoms with Crippen LogP contribution in [0.5, 0.6) is 0 Å². The first-order valence-corrected chi connectivity index (χ1v) is 6.81. The van der Waals surface area contributed by atoms with Crippen LogP contribution in [0.2, 0.25) is 0 Å². The van der Waals surface area contributed by atoms with E-state index in [2.05, 4.69) is 20.8 Å². The molecular formula is C14H26O3. The Hall–Kier alpha value is -0.570. The zero-order valence-electron chi connectivity index (χ0n) is 11.6. The standard InChI is InChI=1S/C14H26O3/c1-5-16-9-14(15)17-13-8-11(4)6-7-12(13)10(2)3/h10-13H,5-9H2,1-4H3/t11-,12+,13-/m1/s1. The molecule has 1 saturated carbocycles. The first-order chi connectivity index (χ1) is 8.04. The van der Waals surface area contributed by atoms with Crippen molar-refractivity contribution in [2.45, 2.75) is 53.1 Å². The third-order valence-corrected chi connectivity index (χ3v) is 3.67. The van der Waals surface area contributed by atoms with E-state index in [1.807, 2.05) is 6.92 Å². The Bertz CT molecular complexity index is 238. The molecule has 0 aromatic carbocycles. The second-order valence-electron chi connectivity index (χ2n) is 5.49. The van der Waals surface area contributed by atoms with Gasteiger partial charge in [-0.15, -0.1) is 0 Å². The molecule has 1 fully saturated rings. The fourth-order valence-electron chi connectivity index (χ4n) is 2.64. The molecule has 3 nitrogen and oxygen atoms in total. The highest BCUT2D eigenvalue weighted by Gasteiger charge is 2.33. The van der Waals surface area contributed by atoms with Crippen LogP contribution in [0.15, 0.2) is 0 Å². The van der Waals surface area contributed by atoms with Crippen LogP contribution < -0.4 is 0 Å².